The normalized spacial score (nSPS) is 20.9. The van der Waals surface area contributed by atoms with Gasteiger partial charge in [0.25, 0.3) is 11.5 Å². The van der Waals surface area contributed by atoms with Crippen molar-refractivity contribution in [3.8, 4) is 0 Å². The maximum atomic E-state index is 13.3. The molecule has 0 spiro atoms. The highest BCUT2D eigenvalue weighted by Crippen LogP contribution is 2.17. The lowest BCUT2D eigenvalue weighted by Crippen LogP contribution is -2.38. The molecular formula is C23H27N5O4. The van der Waals surface area contributed by atoms with Crippen molar-refractivity contribution in [1.29, 1.82) is 5.41 Å². The molecule has 2 saturated heterocycles. The third kappa shape index (κ3) is 3.82. The van der Waals surface area contributed by atoms with Gasteiger partial charge < -0.3 is 19.4 Å². The van der Waals surface area contributed by atoms with Gasteiger partial charge in [-0.1, -0.05) is 6.07 Å². The molecule has 3 aromatic rings. The first-order valence-electron chi connectivity index (χ1n) is 11.1. The molecule has 2 aliphatic heterocycles. The summed E-state index contributed by atoms with van der Waals surface area (Å²) in [7, 11) is 0. The maximum Gasteiger partial charge on any atom is 0.267 e. The standard InChI is InChI=1S/C23H27N5O4/c1-14-6-7-19-26-21-18(23(30)27(19)12-14)10-17(22(29)25-11-15-4-2-8-31-15)20(24)28(21)13-16-5-3-9-32-16/h6-7,10,12,15-16,24H,2-5,8-9,11,13H2,1H3,(H,25,29)/t15-,16+/m0/s1. The first kappa shape index (κ1) is 20.8. The topological polar surface area (TPSA) is 111 Å². The average molecular weight is 438 g/mol. The molecule has 9 heteroatoms. The molecule has 5 rings (SSSR count). The molecule has 0 saturated carbocycles. The number of pyridine rings is 2. The number of ether oxygens (including phenoxy) is 2. The van der Waals surface area contributed by atoms with Gasteiger partial charge in [-0.05, 0) is 50.3 Å². The molecule has 0 radical (unpaired) electrons. The van der Waals surface area contributed by atoms with E-state index in [0.29, 0.717) is 43.0 Å². The maximum absolute atomic E-state index is 13.3. The Labute approximate surface area is 184 Å². The summed E-state index contributed by atoms with van der Waals surface area (Å²) >= 11 is 0. The molecule has 2 fully saturated rings. The van der Waals surface area contributed by atoms with Crippen LogP contribution in [-0.2, 0) is 16.0 Å². The number of carbonyl (C=O) groups is 1. The van der Waals surface area contributed by atoms with Gasteiger partial charge in [-0.15, -0.1) is 0 Å². The zero-order chi connectivity index (χ0) is 22.2. The molecule has 3 aromatic heterocycles. The molecule has 0 aromatic carbocycles. The molecule has 0 bridgehead atoms. The highest BCUT2D eigenvalue weighted by molar-refractivity contribution is 5.96. The number of amides is 1. The van der Waals surface area contributed by atoms with Crippen LogP contribution in [0.3, 0.4) is 0 Å². The third-order valence-corrected chi connectivity index (χ3v) is 6.22. The Kier molecular flexibility index (Phi) is 5.52. The van der Waals surface area contributed by atoms with Crippen molar-refractivity contribution in [1.82, 2.24) is 19.3 Å². The first-order chi connectivity index (χ1) is 15.5. The molecule has 168 valence electrons. The van der Waals surface area contributed by atoms with Gasteiger partial charge in [-0.25, -0.2) is 4.98 Å². The van der Waals surface area contributed by atoms with Crippen LogP contribution >= 0.6 is 0 Å². The van der Waals surface area contributed by atoms with Crippen LogP contribution in [0.25, 0.3) is 16.7 Å². The van der Waals surface area contributed by atoms with Gasteiger partial charge in [0, 0.05) is 26.0 Å². The van der Waals surface area contributed by atoms with Crippen molar-refractivity contribution < 1.29 is 14.3 Å². The summed E-state index contributed by atoms with van der Waals surface area (Å²) in [6.07, 6.45) is 5.37. The van der Waals surface area contributed by atoms with E-state index in [-0.39, 0.29) is 34.7 Å². The van der Waals surface area contributed by atoms with Gasteiger partial charge in [0.1, 0.15) is 16.8 Å². The fraction of sp³-hybridized carbons (Fsp3) is 0.478. The number of hydrogen-bond donors (Lipinski definition) is 2. The lowest BCUT2D eigenvalue weighted by Gasteiger charge is -2.18. The van der Waals surface area contributed by atoms with Crippen molar-refractivity contribution in [2.24, 2.45) is 0 Å². The predicted octanol–water partition coefficient (Wildman–Crippen LogP) is 1.52. The van der Waals surface area contributed by atoms with E-state index in [1.807, 2.05) is 13.0 Å². The minimum Gasteiger partial charge on any atom is -0.376 e. The third-order valence-electron chi connectivity index (χ3n) is 6.22. The van der Waals surface area contributed by atoms with Crippen molar-refractivity contribution in [3.05, 3.63) is 51.4 Å². The zero-order valence-electron chi connectivity index (χ0n) is 18.1. The summed E-state index contributed by atoms with van der Waals surface area (Å²) in [6, 6.07) is 5.18. The van der Waals surface area contributed by atoms with Crippen LogP contribution in [-0.4, -0.2) is 51.8 Å². The van der Waals surface area contributed by atoms with E-state index in [2.05, 4.69) is 5.32 Å². The average Bonchev–Trinajstić information content (AvgIpc) is 3.49. The second-order valence-electron chi connectivity index (χ2n) is 8.59. The van der Waals surface area contributed by atoms with Gasteiger partial charge in [0.15, 0.2) is 0 Å². The molecule has 5 heterocycles. The number of fused-ring (bicyclic) bond motifs is 2. The van der Waals surface area contributed by atoms with E-state index in [1.54, 1.807) is 16.8 Å². The minimum atomic E-state index is -0.387. The molecule has 9 nitrogen and oxygen atoms in total. The molecule has 0 unspecified atom stereocenters. The minimum absolute atomic E-state index is 0.00758. The summed E-state index contributed by atoms with van der Waals surface area (Å²) in [6.45, 7) is 4.05. The highest BCUT2D eigenvalue weighted by atomic mass is 16.5. The lowest BCUT2D eigenvalue weighted by molar-refractivity contribution is 0.0851. The zero-order valence-corrected chi connectivity index (χ0v) is 18.1. The molecule has 1 amide bonds. The fourth-order valence-corrected chi connectivity index (χ4v) is 4.49. The van der Waals surface area contributed by atoms with Gasteiger partial charge >= 0.3 is 0 Å². The van der Waals surface area contributed by atoms with Gasteiger partial charge in [0.05, 0.1) is 29.7 Å². The summed E-state index contributed by atoms with van der Waals surface area (Å²) < 4.78 is 14.5. The van der Waals surface area contributed by atoms with E-state index in [0.717, 1.165) is 31.2 Å². The monoisotopic (exact) mass is 437 g/mol. The van der Waals surface area contributed by atoms with Crippen LogP contribution in [0, 0.1) is 12.3 Å². The molecule has 2 N–H and O–H groups in total. The fourth-order valence-electron chi connectivity index (χ4n) is 4.49. The van der Waals surface area contributed by atoms with E-state index in [4.69, 9.17) is 19.9 Å². The van der Waals surface area contributed by atoms with Crippen molar-refractivity contribution in [2.75, 3.05) is 19.8 Å². The van der Waals surface area contributed by atoms with E-state index in [1.165, 1.54) is 10.5 Å². The Bertz CT molecular complexity index is 1300. The highest BCUT2D eigenvalue weighted by Gasteiger charge is 2.23. The Morgan fingerprint density at radius 3 is 2.69 bits per heavy atom. The summed E-state index contributed by atoms with van der Waals surface area (Å²) in [4.78, 5) is 31.1. The SMILES string of the molecule is Cc1ccc2nc3c(cc(C(=O)NC[C@@H]4CCCO4)c(=N)n3C[C@H]3CCCO3)c(=O)n2c1. The number of aromatic nitrogens is 3. The van der Waals surface area contributed by atoms with Crippen LogP contribution in [0.5, 0.6) is 0 Å². The quantitative estimate of drug-likeness (QED) is 0.588. The largest absolute Gasteiger partial charge is 0.376 e. The number of carbonyl (C=O) groups excluding carboxylic acids is 1. The molecule has 0 aliphatic carbocycles. The van der Waals surface area contributed by atoms with Gasteiger partial charge in [0.2, 0.25) is 0 Å². The van der Waals surface area contributed by atoms with Crippen molar-refractivity contribution >= 4 is 22.6 Å². The number of aryl methyl sites for hydroxylation is 1. The summed E-state index contributed by atoms with van der Waals surface area (Å²) in [5.41, 5.74) is 1.75. The lowest BCUT2D eigenvalue weighted by atomic mass is 10.1. The van der Waals surface area contributed by atoms with Crippen LogP contribution in [0.1, 0.15) is 41.6 Å². The van der Waals surface area contributed by atoms with Gasteiger partial charge in [-0.3, -0.25) is 19.4 Å². The van der Waals surface area contributed by atoms with Crippen LogP contribution < -0.4 is 16.4 Å². The Balaban J connectivity index is 1.64. The summed E-state index contributed by atoms with van der Waals surface area (Å²) in [5.74, 6) is -0.387. The number of rotatable bonds is 5. The van der Waals surface area contributed by atoms with Crippen LogP contribution in [0.2, 0.25) is 0 Å². The van der Waals surface area contributed by atoms with Crippen LogP contribution in [0.4, 0.5) is 0 Å². The molecule has 32 heavy (non-hydrogen) atoms. The number of hydrogen-bond acceptors (Lipinski definition) is 6. The van der Waals surface area contributed by atoms with E-state index < -0.39 is 0 Å². The van der Waals surface area contributed by atoms with Crippen molar-refractivity contribution in [2.45, 2.75) is 51.4 Å². The predicted molar refractivity (Wildman–Crippen MR) is 118 cm³/mol. The molecule has 2 aliphatic rings. The van der Waals surface area contributed by atoms with Crippen molar-refractivity contribution in [3.63, 3.8) is 0 Å². The Morgan fingerprint density at radius 1 is 1.22 bits per heavy atom. The number of nitrogens with one attached hydrogen (secondary N) is 2. The second-order valence-corrected chi connectivity index (χ2v) is 8.59. The van der Waals surface area contributed by atoms with Gasteiger partial charge in [-0.2, -0.15) is 0 Å². The smallest absolute Gasteiger partial charge is 0.267 e. The summed E-state index contributed by atoms with van der Waals surface area (Å²) in [5, 5.41) is 12.0. The van der Waals surface area contributed by atoms with E-state index >= 15 is 0 Å². The van der Waals surface area contributed by atoms with Crippen LogP contribution in [0.15, 0.2) is 29.2 Å². The first-order valence-corrected chi connectivity index (χ1v) is 11.1. The Hall–Kier alpha value is -3.04. The second kappa shape index (κ2) is 8.48. The van der Waals surface area contributed by atoms with E-state index in [9.17, 15) is 9.59 Å². The number of nitrogens with zero attached hydrogens (tertiary/aromatic N) is 3. The molecular weight excluding hydrogens is 410 g/mol. The molecule has 2 atom stereocenters. The Morgan fingerprint density at radius 2 is 1.97 bits per heavy atom.